The second kappa shape index (κ2) is 14.1. The Balaban J connectivity index is 3.01. The van der Waals surface area contributed by atoms with Gasteiger partial charge in [0, 0.05) is 13.1 Å². The summed E-state index contributed by atoms with van der Waals surface area (Å²) in [7, 11) is 0. The van der Waals surface area contributed by atoms with Gasteiger partial charge in [0.1, 0.15) is 16.6 Å². The second-order valence-electron chi connectivity index (χ2n) is 6.78. The monoisotopic (exact) mass is 416 g/mol. The summed E-state index contributed by atoms with van der Waals surface area (Å²) in [6.07, 6.45) is 6.68. The fraction of sp³-hybridized carbons (Fsp3) is 0.500. The Bertz CT molecular complexity index is 702. The maximum atomic E-state index is 9.81. The quantitative estimate of drug-likeness (QED) is 0.204. The van der Waals surface area contributed by atoms with Crippen molar-refractivity contribution in [2.24, 2.45) is 0 Å². The molecule has 0 amide bonds. The summed E-state index contributed by atoms with van der Waals surface area (Å²) in [5.41, 5.74) is 3.09. The van der Waals surface area contributed by atoms with Gasteiger partial charge in [-0.05, 0) is 37.5 Å². The Morgan fingerprint density at radius 3 is 2.04 bits per heavy atom. The van der Waals surface area contributed by atoms with Gasteiger partial charge in [0.05, 0.1) is 5.70 Å². The highest BCUT2D eigenvalue weighted by atomic mass is 32.1. The largest absolute Gasteiger partial charge is 0.375 e. The lowest BCUT2D eigenvalue weighted by atomic mass is 10.0. The molecule has 0 unspecified atom stereocenters. The molecule has 0 bridgehead atoms. The zero-order valence-corrected chi connectivity index (χ0v) is 18.9. The lowest BCUT2D eigenvalue weighted by Gasteiger charge is -2.17. The standard InChI is InChI=1S/C22H32N4S2/c1-4-6-8-14-24-21(27)19(16-23)20(18-12-10-17(3)11-13-18)26-22(28)25-15-9-7-5-2/h10-13H,4-9,14-15H2,1-3H3,(H,24,27)(H2,25,26,28)/b20-19-. The first kappa shape index (κ1) is 24.1. The molecule has 6 heteroatoms. The molecular formula is C22H32N4S2. The predicted octanol–water partition coefficient (Wildman–Crippen LogP) is 4.99. The molecule has 0 aliphatic rings. The van der Waals surface area contributed by atoms with Crippen LogP contribution in [0.3, 0.4) is 0 Å². The first-order valence-corrected chi connectivity index (χ1v) is 10.9. The fourth-order valence-electron chi connectivity index (χ4n) is 2.62. The second-order valence-corrected chi connectivity index (χ2v) is 7.60. The van der Waals surface area contributed by atoms with Crippen LogP contribution in [0.15, 0.2) is 29.8 Å². The van der Waals surface area contributed by atoms with Crippen molar-refractivity contribution in [1.82, 2.24) is 16.0 Å². The molecule has 152 valence electrons. The van der Waals surface area contributed by atoms with Crippen LogP contribution in [0.4, 0.5) is 0 Å². The van der Waals surface area contributed by atoms with Gasteiger partial charge in [-0.15, -0.1) is 0 Å². The molecule has 0 spiro atoms. The summed E-state index contributed by atoms with van der Waals surface area (Å²) in [4.78, 5) is 0.454. The first-order chi connectivity index (χ1) is 13.5. The van der Waals surface area contributed by atoms with Crippen LogP contribution in [0, 0.1) is 18.3 Å². The topological polar surface area (TPSA) is 59.9 Å². The van der Waals surface area contributed by atoms with E-state index in [1.165, 1.54) is 0 Å². The van der Waals surface area contributed by atoms with Crippen LogP contribution in [0.2, 0.25) is 0 Å². The number of thiocarbonyl (C=S) groups is 2. The van der Waals surface area contributed by atoms with Gasteiger partial charge in [0.2, 0.25) is 0 Å². The summed E-state index contributed by atoms with van der Waals surface area (Å²) in [5.74, 6) is 0. The van der Waals surface area contributed by atoms with Gasteiger partial charge in [-0.1, -0.05) is 81.6 Å². The van der Waals surface area contributed by atoms with Crippen molar-refractivity contribution in [3.63, 3.8) is 0 Å². The number of benzene rings is 1. The van der Waals surface area contributed by atoms with Gasteiger partial charge < -0.3 is 16.0 Å². The Morgan fingerprint density at radius 2 is 1.50 bits per heavy atom. The molecule has 0 aliphatic carbocycles. The van der Waals surface area contributed by atoms with E-state index in [9.17, 15) is 5.26 Å². The van der Waals surface area contributed by atoms with Crippen LogP contribution in [0.25, 0.3) is 5.70 Å². The summed E-state index contributed by atoms with van der Waals surface area (Å²) < 4.78 is 0. The van der Waals surface area contributed by atoms with Crippen molar-refractivity contribution in [3.8, 4) is 6.07 Å². The van der Waals surface area contributed by atoms with E-state index < -0.39 is 0 Å². The van der Waals surface area contributed by atoms with Gasteiger partial charge >= 0.3 is 0 Å². The van der Waals surface area contributed by atoms with E-state index in [4.69, 9.17) is 24.4 Å². The highest BCUT2D eigenvalue weighted by Gasteiger charge is 2.15. The third kappa shape index (κ3) is 8.81. The highest BCUT2D eigenvalue weighted by molar-refractivity contribution is 7.81. The van der Waals surface area contributed by atoms with Gasteiger partial charge in [0.25, 0.3) is 0 Å². The average molecular weight is 417 g/mol. The van der Waals surface area contributed by atoms with Gasteiger partial charge in [-0.3, -0.25) is 0 Å². The van der Waals surface area contributed by atoms with E-state index >= 15 is 0 Å². The third-order valence-electron chi connectivity index (χ3n) is 4.30. The van der Waals surface area contributed by atoms with Crippen molar-refractivity contribution in [2.75, 3.05) is 13.1 Å². The number of aryl methyl sites for hydroxylation is 1. The number of hydrogen-bond acceptors (Lipinski definition) is 3. The smallest absolute Gasteiger partial charge is 0.170 e. The van der Waals surface area contributed by atoms with Gasteiger partial charge in [-0.25, -0.2) is 0 Å². The summed E-state index contributed by atoms with van der Waals surface area (Å²) in [6, 6.07) is 10.3. The van der Waals surface area contributed by atoms with E-state index in [2.05, 4.69) is 35.9 Å². The van der Waals surface area contributed by atoms with Crippen LogP contribution >= 0.6 is 24.4 Å². The Kier molecular flexibility index (Phi) is 12.1. The molecule has 0 aliphatic heterocycles. The van der Waals surface area contributed by atoms with Crippen molar-refractivity contribution in [1.29, 1.82) is 5.26 Å². The Hall–Kier alpha value is -1.97. The lowest BCUT2D eigenvalue weighted by Crippen LogP contribution is -2.36. The summed E-state index contributed by atoms with van der Waals surface area (Å²) in [6.45, 7) is 7.93. The number of nitrogens with one attached hydrogen (secondary N) is 3. The lowest BCUT2D eigenvalue weighted by molar-refractivity contribution is 0.694. The maximum absolute atomic E-state index is 9.81. The Morgan fingerprint density at radius 1 is 0.929 bits per heavy atom. The van der Waals surface area contributed by atoms with Crippen molar-refractivity contribution < 1.29 is 0 Å². The molecule has 1 aromatic rings. The molecular weight excluding hydrogens is 384 g/mol. The van der Waals surface area contributed by atoms with E-state index in [0.717, 1.165) is 62.7 Å². The van der Waals surface area contributed by atoms with Gasteiger partial charge in [-0.2, -0.15) is 5.26 Å². The van der Waals surface area contributed by atoms with Crippen LogP contribution in [0.1, 0.15) is 63.5 Å². The zero-order valence-electron chi connectivity index (χ0n) is 17.2. The molecule has 0 heterocycles. The fourth-order valence-corrected chi connectivity index (χ4v) is 3.07. The maximum Gasteiger partial charge on any atom is 0.170 e. The molecule has 0 atom stereocenters. The summed E-state index contributed by atoms with van der Waals surface area (Å²) in [5, 5.41) is 20.0. The van der Waals surface area contributed by atoms with Crippen molar-refractivity contribution >= 4 is 40.2 Å². The minimum absolute atomic E-state index is 0.410. The number of nitrogens with zero attached hydrogens (tertiary/aromatic N) is 1. The minimum Gasteiger partial charge on any atom is -0.375 e. The zero-order chi connectivity index (χ0) is 20.8. The molecule has 0 radical (unpaired) electrons. The van der Waals surface area contributed by atoms with Crippen molar-refractivity contribution in [3.05, 3.63) is 41.0 Å². The molecule has 1 aromatic carbocycles. The molecule has 0 saturated carbocycles. The number of hydrogen-bond donors (Lipinski definition) is 3. The molecule has 4 nitrogen and oxygen atoms in total. The SMILES string of the molecule is CCCCCNC(=S)N/C(=C(/C#N)C(=S)NCCCCC)c1ccc(C)cc1. The molecule has 1 rings (SSSR count). The predicted molar refractivity (Wildman–Crippen MR) is 127 cm³/mol. The minimum atomic E-state index is 0.410. The highest BCUT2D eigenvalue weighted by Crippen LogP contribution is 2.18. The number of unbranched alkanes of at least 4 members (excludes halogenated alkanes) is 4. The Labute approximate surface area is 180 Å². The molecule has 3 N–H and O–H groups in total. The average Bonchev–Trinajstić information content (AvgIpc) is 2.69. The van der Waals surface area contributed by atoms with E-state index in [-0.39, 0.29) is 0 Å². The van der Waals surface area contributed by atoms with Gasteiger partial charge in [0.15, 0.2) is 5.11 Å². The van der Waals surface area contributed by atoms with Crippen LogP contribution in [-0.2, 0) is 0 Å². The van der Waals surface area contributed by atoms with Crippen LogP contribution in [-0.4, -0.2) is 23.2 Å². The normalized spacial score (nSPS) is 11.2. The van der Waals surface area contributed by atoms with Crippen LogP contribution in [0.5, 0.6) is 0 Å². The van der Waals surface area contributed by atoms with Crippen molar-refractivity contribution in [2.45, 2.75) is 59.3 Å². The van der Waals surface area contributed by atoms with E-state index in [1.807, 2.05) is 31.2 Å². The number of rotatable bonds is 11. The van der Waals surface area contributed by atoms with Crippen LogP contribution < -0.4 is 16.0 Å². The first-order valence-electron chi connectivity index (χ1n) is 10.1. The number of nitriles is 1. The third-order valence-corrected chi connectivity index (χ3v) is 4.89. The molecule has 0 aromatic heterocycles. The molecule has 0 saturated heterocycles. The molecule has 28 heavy (non-hydrogen) atoms. The van der Waals surface area contributed by atoms with E-state index in [0.29, 0.717) is 21.4 Å². The molecule has 0 fully saturated rings. The summed E-state index contributed by atoms with van der Waals surface area (Å²) >= 11 is 11.0. The van der Waals surface area contributed by atoms with E-state index in [1.54, 1.807) is 0 Å².